The molecule has 0 saturated carbocycles. The zero-order valence-electron chi connectivity index (χ0n) is 19.4. The zero-order valence-corrected chi connectivity index (χ0v) is 20.2. The predicted molar refractivity (Wildman–Crippen MR) is 126 cm³/mol. The molecule has 2 saturated heterocycles. The molecule has 2 fully saturated rings. The van der Waals surface area contributed by atoms with Gasteiger partial charge in [-0.1, -0.05) is 23.4 Å². The van der Waals surface area contributed by atoms with Crippen molar-refractivity contribution >= 4 is 21.6 Å². The van der Waals surface area contributed by atoms with Crippen LogP contribution in [-0.2, 0) is 14.8 Å². The molecule has 0 radical (unpaired) electrons. The Labute approximate surface area is 195 Å². The van der Waals surface area contributed by atoms with Gasteiger partial charge >= 0.3 is 0 Å². The van der Waals surface area contributed by atoms with Crippen molar-refractivity contribution in [3.63, 3.8) is 0 Å². The van der Waals surface area contributed by atoms with E-state index in [-0.39, 0.29) is 16.7 Å². The third-order valence-electron chi connectivity index (χ3n) is 6.61. The van der Waals surface area contributed by atoms with Crippen LogP contribution in [0.2, 0.25) is 0 Å². The fourth-order valence-electron chi connectivity index (χ4n) is 4.68. The molecule has 0 bridgehead atoms. The quantitative estimate of drug-likeness (QED) is 0.650. The van der Waals surface area contributed by atoms with Gasteiger partial charge < -0.3 is 14.7 Å². The number of nitrogens with zero attached hydrogens (tertiary/aromatic N) is 4. The SMILES string of the molecule is Cc1noc(C)c1S(=O)(=O)N1CCC(C(=O)NCCN2CCN(c3ccccc3)CC2)CC1. The number of hydrogen-bond acceptors (Lipinski definition) is 7. The second kappa shape index (κ2) is 10.2. The molecular formula is C23H33N5O4S. The standard InChI is InChI=1S/C23H33N5O4S/c1-18-22(19(2)32-25-18)33(30,31)28-11-8-20(9-12-28)23(29)24-10-13-26-14-16-27(17-15-26)21-6-4-3-5-7-21/h3-7,20H,8-17H2,1-2H3,(H,24,29). The molecule has 0 aliphatic carbocycles. The maximum Gasteiger partial charge on any atom is 0.248 e. The van der Waals surface area contributed by atoms with Gasteiger partial charge in [-0.2, -0.15) is 4.31 Å². The number of aromatic nitrogens is 1. The van der Waals surface area contributed by atoms with E-state index in [1.807, 2.05) is 6.07 Å². The van der Waals surface area contributed by atoms with Crippen molar-refractivity contribution in [2.45, 2.75) is 31.6 Å². The van der Waals surface area contributed by atoms with Gasteiger partial charge in [0, 0.05) is 64.0 Å². The van der Waals surface area contributed by atoms with Crippen molar-refractivity contribution in [3.8, 4) is 0 Å². The van der Waals surface area contributed by atoms with Crippen LogP contribution >= 0.6 is 0 Å². The van der Waals surface area contributed by atoms with E-state index in [1.54, 1.807) is 13.8 Å². The maximum absolute atomic E-state index is 12.9. The molecule has 180 valence electrons. The van der Waals surface area contributed by atoms with Crippen molar-refractivity contribution < 1.29 is 17.7 Å². The lowest BCUT2D eigenvalue weighted by molar-refractivity contribution is -0.126. The van der Waals surface area contributed by atoms with Crippen molar-refractivity contribution in [2.75, 3.05) is 57.3 Å². The number of aryl methyl sites for hydroxylation is 2. The number of amides is 1. The summed E-state index contributed by atoms with van der Waals surface area (Å²) in [6.07, 6.45) is 1.04. The van der Waals surface area contributed by atoms with E-state index in [1.165, 1.54) is 9.99 Å². The number of para-hydroxylation sites is 1. The Hall–Kier alpha value is -2.43. The van der Waals surface area contributed by atoms with Crippen LogP contribution in [0.5, 0.6) is 0 Å². The largest absolute Gasteiger partial charge is 0.369 e. The van der Waals surface area contributed by atoms with E-state index >= 15 is 0 Å². The van der Waals surface area contributed by atoms with Gasteiger partial charge in [0.2, 0.25) is 15.9 Å². The van der Waals surface area contributed by atoms with E-state index in [4.69, 9.17) is 4.52 Å². The van der Waals surface area contributed by atoms with E-state index in [9.17, 15) is 13.2 Å². The summed E-state index contributed by atoms with van der Waals surface area (Å²) >= 11 is 0. The fourth-order valence-corrected chi connectivity index (χ4v) is 6.44. The van der Waals surface area contributed by atoms with Crippen LogP contribution in [0.25, 0.3) is 0 Å². The first-order valence-corrected chi connectivity index (χ1v) is 13.0. The summed E-state index contributed by atoms with van der Waals surface area (Å²) in [6.45, 7) is 9.24. The topological polar surface area (TPSA) is 99.0 Å². The molecule has 3 heterocycles. The Bertz CT molecular complexity index is 1020. The number of rotatable bonds is 7. The Morgan fingerprint density at radius 2 is 1.73 bits per heavy atom. The molecule has 10 heteroatoms. The van der Waals surface area contributed by atoms with Crippen molar-refractivity contribution in [2.24, 2.45) is 5.92 Å². The Kier molecular flexibility index (Phi) is 7.35. The van der Waals surface area contributed by atoms with E-state index in [0.717, 1.165) is 32.7 Å². The molecular weight excluding hydrogens is 442 g/mol. The lowest BCUT2D eigenvalue weighted by Crippen LogP contribution is -2.49. The Morgan fingerprint density at radius 3 is 2.33 bits per heavy atom. The molecule has 2 aromatic rings. The average Bonchev–Trinajstić information content (AvgIpc) is 3.18. The normalized spacial score (nSPS) is 19.0. The first-order chi connectivity index (χ1) is 15.9. The molecule has 33 heavy (non-hydrogen) atoms. The van der Waals surface area contributed by atoms with Crippen molar-refractivity contribution in [1.29, 1.82) is 0 Å². The highest BCUT2D eigenvalue weighted by Crippen LogP contribution is 2.27. The first-order valence-electron chi connectivity index (χ1n) is 11.6. The number of piperazine rings is 1. The molecule has 0 atom stereocenters. The van der Waals surface area contributed by atoms with E-state index < -0.39 is 10.0 Å². The van der Waals surface area contributed by atoms with Crippen LogP contribution in [0.15, 0.2) is 39.8 Å². The molecule has 1 amide bonds. The smallest absolute Gasteiger partial charge is 0.248 e. The summed E-state index contributed by atoms with van der Waals surface area (Å²) in [5, 5.41) is 6.82. The van der Waals surface area contributed by atoms with Gasteiger partial charge in [0.25, 0.3) is 0 Å². The second-order valence-electron chi connectivity index (χ2n) is 8.79. The maximum atomic E-state index is 12.9. The van der Waals surface area contributed by atoms with Crippen LogP contribution in [0.1, 0.15) is 24.3 Å². The number of anilines is 1. The highest BCUT2D eigenvalue weighted by molar-refractivity contribution is 7.89. The van der Waals surface area contributed by atoms with Gasteiger partial charge in [-0.15, -0.1) is 0 Å². The van der Waals surface area contributed by atoms with Crippen molar-refractivity contribution in [3.05, 3.63) is 41.8 Å². The molecule has 1 N–H and O–H groups in total. The molecule has 0 unspecified atom stereocenters. The third kappa shape index (κ3) is 5.39. The zero-order chi connectivity index (χ0) is 23.4. The molecule has 4 rings (SSSR count). The highest BCUT2D eigenvalue weighted by atomic mass is 32.2. The average molecular weight is 476 g/mol. The monoisotopic (exact) mass is 475 g/mol. The molecule has 1 aromatic heterocycles. The summed E-state index contributed by atoms with van der Waals surface area (Å²) < 4.78 is 32.4. The molecule has 2 aliphatic rings. The summed E-state index contributed by atoms with van der Waals surface area (Å²) in [5.74, 6) is 0.167. The van der Waals surface area contributed by atoms with Crippen LogP contribution in [0.4, 0.5) is 5.69 Å². The number of carbonyl (C=O) groups excluding carboxylic acids is 1. The van der Waals surface area contributed by atoms with E-state index in [2.05, 4.69) is 44.5 Å². The van der Waals surface area contributed by atoms with Gasteiger partial charge in [0.15, 0.2) is 5.76 Å². The minimum absolute atomic E-state index is 0.0207. The fraction of sp³-hybridized carbons (Fsp3) is 0.565. The van der Waals surface area contributed by atoms with Crippen LogP contribution in [0.3, 0.4) is 0 Å². The Balaban J connectivity index is 1.18. The molecule has 0 spiro atoms. The van der Waals surface area contributed by atoms with Gasteiger partial charge in [0.1, 0.15) is 10.6 Å². The Morgan fingerprint density at radius 1 is 1.06 bits per heavy atom. The highest BCUT2D eigenvalue weighted by Gasteiger charge is 2.35. The number of sulfonamides is 1. The summed E-state index contributed by atoms with van der Waals surface area (Å²) in [6, 6.07) is 10.4. The van der Waals surface area contributed by atoms with Gasteiger partial charge in [-0.25, -0.2) is 8.42 Å². The number of nitrogens with one attached hydrogen (secondary N) is 1. The van der Waals surface area contributed by atoms with Crippen molar-refractivity contribution in [1.82, 2.24) is 19.7 Å². The third-order valence-corrected chi connectivity index (χ3v) is 8.76. The summed E-state index contributed by atoms with van der Waals surface area (Å²) in [7, 11) is -3.65. The lowest BCUT2D eigenvalue weighted by Gasteiger charge is -2.36. The lowest BCUT2D eigenvalue weighted by atomic mass is 9.97. The predicted octanol–water partition coefficient (Wildman–Crippen LogP) is 1.63. The van der Waals surface area contributed by atoms with Gasteiger partial charge in [0.05, 0.1) is 0 Å². The molecule has 1 aromatic carbocycles. The number of carbonyl (C=O) groups is 1. The van der Waals surface area contributed by atoms with Gasteiger partial charge in [-0.05, 0) is 38.8 Å². The minimum atomic E-state index is -3.65. The van der Waals surface area contributed by atoms with Gasteiger partial charge in [-0.3, -0.25) is 9.69 Å². The minimum Gasteiger partial charge on any atom is -0.369 e. The summed E-state index contributed by atoms with van der Waals surface area (Å²) in [4.78, 5) is 17.6. The number of benzene rings is 1. The van der Waals surface area contributed by atoms with Crippen LogP contribution in [0, 0.1) is 19.8 Å². The van der Waals surface area contributed by atoms with Crippen LogP contribution in [-0.4, -0.2) is 81.0 Å². The van der Waals surface area contributed by atoms with Crippen LogP contribution < -0.4 is 10.2 Å². The molecule has 9 nitrogen and oxygen atoms in total. The second-order valence-corrected chi connectivity index (χ2v) is 10.7. The van der Waals surface area contributed by atoms with E-state index in [0.29, 0.717) is 43.9 Å². The number of hydrogen-bond donors (Lipinski definition) is 1. The summed E-state index contributed by atoms with van der Waals surface area (Å²) in [5.41, 5.74) is 1.63. The molecule has 2 aliphatic heterocycles. The number of piperidine rings is 1. The first kappa shape index (κ1) is 23.7.